The van der Waals surface area contributed by atoms with Gasteiger partial charge in [-0.25, -0.2) is 0 Å². The molecule has 0 amide bonds. The number of rotatable bonds is 11. The van der Waals surface area contributed by atoms with Gasteiger partial charge in [-0.1, -0.05) is 31.6 Å². The number of anilines is 1. The molecule has 0 aliphatic carbocycles. The summed E-state index contributed by atoms with van der Waals surface area (Å²) in [7, 11) is 2.10. The molecule has 1 aliphatic heterocycles. The number of pyridine rings is 1. The molecular weight excluding hydrogens is 388 g/mol. The standard InChI is InChI=1S/C26H36N2O3/c1-5-6-12-29-14-15-30-23-17-22(18-27-19-23)21(3)24-16-20(2)10-11-25(24)28(4)26-9-7-8-13-31-26/h10-11,16-19,26H,3,5-9,12-15H2,1-2,4H3. The first-order valence-electron chi connectivity index (χ1n) is 11.4. The molecule has 2 heterocycles. The normalized spacial score (nSPS) is 16.2. The van der Waals surface area contributed by atoms with Gasteiger partial charge in [0, 0.05) is 43.3 Å². The molecule has 1 aliphatic rings. The van der Waals surface area contributed by atoms with Gasteiger partial charge < -0.3 is 19.1 Å². The molecule has 0 spiro atoms. The first kappa shape index (κ1) is 23.3. The first-order valence-corrected chi connectivity index (χ1v) is 11.4. The number of hydrogen-bond acceptors (Lipinski definition) is 5. The van der Waals surface area contributed by atoms with Crippen LogP contribution in [0.25, 0.3) is 5.57 Å². The lowest BCUT2D eigenvalue weighted by Gasteiger charge is -2.34. The van der Waals surface area contributed by atoms with Crippen molar-refractivity contribution < 1.29 is 14.2 Å². The Morgan fingerprint density at radius 1 is 1.19 bits per heavy atom. The van der Waals surface area contributed by atoms with Crippen LogP contribution in [0.5, 0.6) is 5.75 Å². The Kier molecular flexibility index (Phi) is 8.92. The van der Waals surface area contributed by atoms with Gasteiger partial charge >= 0.3 is 0 Å². The van der Waals surface area contributed by atoms with Gasteiger partial charge in [0.2, 0.25) is 0 Å². The van der Waals surface area contributed by atoms with Crippen LogP contribution in [0.1, 0.15) is 55.7 Å². The quantitative estimate of drug-likeness (QED) is 0.439. The van der Waals surface area contributed by atoms with E-state index in [-0.39, 0.29) is 6.23 Å². The molecule has 0 saturated carbocycles. The van der Waals surface area contributed by atoms with Gasteiger partial charge in [-0.05, 0) is 56.4 Å². The zero-order valence-electron chi connectivity index (χ0n) is 19.2. The Bertz CT molecular complexity index is 846. The molecule has 1 fully saturated rings. The van der Waals surface area contributed by atoms with Crippen molar-refractivity contribution in [1.29, 1.82) is 0 Å². The highest BCUT2D eigenvalue weighted by Gasteiger charge is 2.22. The second kappa shape index (κ2) is 11.9. The van der Waals surface area contributed by atoms with E-state index in [0.29, 0.717) is 13.2 Å². The monoisotopic (exact) mass is 424 g/mol. The zero-order valence-corrected chi connectivity index (χ0v) is 19.2. The molecule has 1 aromatic carbocycles. The number of benzene rings is 1. The van der Waals surface area contributed by atoms with Gasteiger partial charge in [0.05, 0.1) is 12.8 Å². The van der Waals surface area contributed by atoms with Crippen LogP contribution in [-0.2, 0) is 9.47 Å². The van der Waals surface area contributed by atoms with Crippen molar-refractivity contribution in [2.24, 2.45) is 0 Å². The fourth-order valence-corrected chi connectivity index (χ4v) is 3.77. The summed E-state index contributed by atoms with van der Waals surface area (Å²) in [5.41, 5.74) is 5.30. The molecule has 3 rings (SSSR count). The van der Waals surface area contributed by atoms with E-state index in [9.17, 15) is 0 Å². The Balaban J connectivity index is 1.72. The number of hydrogen-bond donors (Lipinski definition) is 0. The van der Waals surface area contributed by atoms with Crippen molar-refractivity contribution in [2.45, 2.75) is 52.2 Å². The number of ether oxygens (including phenoxy) is 3. The fraction of sp³-hybridized carbons (Fsp3) is 0.500. The molecule has 1 unspecified atom stereocenters. The Morgan fingerprint density at radius 3 is 2.84 bits per heavy atom. The maximum absolute atomic E-state index is 6.02. The van der Waals surface area contributed by atoms with Crippen molar-refractivity contribution in [3.05, 3.63) is 59.9 Å². The summed E-state index contributed by atoms with van der Waals surface area (Å²) in [6.07, 6.45) is 9.28. The van der Waals surface area contributed by atoms with E-state index in [0.717, 1.165) is 67.0 Å². The van der Waals surface area contributed by atoms with E-state index < -0.39 is 0 Å². The van der Waals surface area contributed by atoms with E-state index >= 15 is 0 Å². The van der Waals surface area contributed by atoms with Crippen molar-refractivity contribution in [1.82, 2.24) is 4.98 Å². The molecule has 1 aromatic heterocycles. The fourth-order valence-electron chi connectivity index (χ4n) is 3.77. The third-order valence-corrected chi connectivity index (χ3v) is 5.65. The summed E-state index contributed by atoms with van der Waals surface area (Å²) in [5, 5.41) is 0. The number of aryl methyl sites for hydroxylation is 1. The molecule has 0 N–H and O–H groups in total. The van der Waals surface area contributed by atoms with Crippen molar-refractivity contribution in [3.8, 4) is 5.75 Å². The highest BCUT2D eigenvalue weighted by Crippen LogP contribution is 2.34. The maximum Gasteiger partial charge on any atom is 0.138 e. The van der Waals surface area contributed by atoms with Crippen LogP contribution in [0.15, 0.2) is 43.2 Å². The van der Waals surface area contributed by atoms with E-state index in [1.165, 1.54) is 12.0 Å². The summed E-state index contributed by atoms with van der Waals surface area (Å²) >= 11 is 0. The summed E-state index contributed by atoms with van der Waals surface area (Å²) < 4.78 is 17.4. The van der Waals surface area contributed by atoms with E-state index in [1.54, 1.807) is 6.20 Å². The third kappa shape index (κ3) is 6.55. The van der Waals surface area contributed by atoms with Gasteiger partial charge in [0.15, 0.2) is 0 Å². The summed E-state index contributed by atoms with van der Waals surface area (Å²) in [6.45, 7) is 11.4. The minimum atomic E-state index is 0.100. The molecular formula is C26H36N2O3. The van der Waals surface area contributed by atoms with Crippen LogP contribution < -0.4 is 9.64 Å². The highest BCUT2D eigenvalue weighted by molar-refractivity contribution is 5.85. The molecule has 31 heavy (non-hydrogen) atoms. The second-order valence-corrected chi connectivity index (χ2v) is 8.15. The Hall–Kier alpha value is -2.37. The van der Waals surface area contributed by atoms with Crippen molar-refractivity contribution in [2.75, 3.05) is 38.4 Å². The smallest absolute Gasteiger partial charge is 0.138 e. The molecule has 1 saturated heterocycles. The number of nitrogens with zero attached hydrogens (tertiary/aromatic N) is 2. The van der Waals surface area contributed by atoms with Crippen LogP contribution in [-0.4, -0.2) is 44.7 Å². The first-order chi connectivity index (χ1) is 15.1. The minimum absolute atomic E-state index is 0.100. The number of unbranched alkanes of at least 4 members (excludes halogenated alkanes) is 1. The topological polar surface area (TPSA) is 43.8 Å². The maximum atomic E-state index is 6.02. The van der Waals surface area contributed by atoms with Crippen LogP contribution in [0.2, 0.25) is 0 Å². The lowest BCUT2D eigenvalue weighted by atomic mass is 9.96. The summed E-state index contributed by atoms with van der Waals surface area (Å²) in [6, 6.07) is 8.49. The highest BCUT2D eigenvalue weighted by atomic mass is 16.5. The molecule has 0 radical (unpaired) electrons. The van der Waals surface area contributed by atoms with Crippen LogP contribution in [0.4, 0.5) is 5.69 Å². The lowest BCUT2D eigenvalue weighted by molar-refractivity contribution is 0.0174. The summed E-state index contributed by atoms with van der Waals surface area (Å²) in [4.78, 5) is 6.62. The van der Waals surface area contributed by atoms with E-state index in [1.807, 2.05) is 12.3 Å². The molecule has 2 aromatic rings. The number of aromatic nitrogens is 1. The van der Waals surface area contributed by atoms with E-state index in [4.69, 9.17) is 14.2 Å². The largest absolute Gasteiger partial charge is 0.490 e. The molecule has 1 atom stereocenters. The molecule has 168 valence electrons. The minimum Gasteiger partial charge on any atom is -0.490 e. The van der Waals surface area contributed by atoms with Gasteiger partial charge in [-0.15, -0.1) is 0 Å². The van der Waals surface area contributed by atoms with Crippen LogP contribution in [0.3, 0.4) is 0 Å². The molecule has 0 bridgehead atoms. The zero-order chi connectivity index (χ0) is 22.1. The third-order valence-electron chi connectivity index (χ3n) is 5.65. The summed E-state index contributed by atoms with van der Waals surface area (Å²) in [5.74, 6) is 0.732. The SMILES string of the molecule is C=C(c1cncc(OCCOCCCC)c1)c1cc(C)ccc1N(C)C1CCCCO1. The Labute approximate surface area is 187 Å². The van der Waals surface area contributed by atoms with Gasteiger partial charge in [-0.2, -0.15) is 0 Å². The second-order valence-electron chi connectivity index (χ2n) is 8.15. The van der Waals surface area contributed by atoms with E-state index in [2.05, 4.69) is 55.6 Å². The van der Waals surface area contributed by atoms with Crippen LogP contribution >= 0.6 is 0 Å². The van der Waals surface area contributed by atoms with Crippen molar-refractivity contribution in [3.63, 3.8) is 0 Å². The molecule has 5 nitrogen and oxygen atoms in total. The predicted molar refractivity (Wildman–Crippen MR) is 127 cm³/mol. The van der Waals surface area contributed by atoms with Crippen LogP contribution in [0, 0.1) is 6.92 Å². The van der Waals surface area contributed by atoms with Crippen molar-refractivity contribution >= 4 is 11.3 Å². The average Bonchev–Trinajstić information content (AvgIpc) is 2.81. The van der Waals surface area contributed by atoms with Gasteiger partial charge in [0.25, 0.3) is 0 Å². The molecule has 5 heteroatoms. The average molecular weight is 425 g/mol. The predicted octanol–water partition coefficient (Wildman–Crippen LogP) is 5.61. The Morgan fingerprint density at radius 2 is 2.06 bits per heavy atom. The lowest BCUT2D eigenvalue weighted by Crippen LogP contribution is -2.37. The van der Waals surface area contributed by atoms with Gasteiger partial charge in [0.1, 0.15) is 18.6 Å². The van der Waals surface area contributed by atoms with Gasteiger partial charge in [-0.3, -0.25) is 4.98 Å².